The molecule has 0 saturated heterocycles. The summed E-state index contributed by atoms with van der Waals surface area (Å²) in [5.41, 5.74) is 5.86. The maximum absolute atomic E-state index is 12.0. The number of nitrogens with two attached hydrogens (primary N) is 1. The Morgan fingerprint density at radius 3 is 2.28 bits per heavy atom. The van der Waals surface area contributed by atoms with E-state index in [0.29, 0.717) is 17.1 Å². The van der Waals surface area contributed by atoms with Crippen LogP contribution in [0.4, 0.5) is 0 Å². The first kappa shape index (κ1) is 14.7. The summed E-state index contributed by atoms with van der Waals surface area (Å²) in [5, 5.41) is 0. The van der Waals surface area contributed by atoms with Gasteiger partial charge in [0.2, 0.25) is 10.0 Å². The van der Waals surface area contributed by atoms with Crippen molar-refractivity contribution < 1.29 is 17.9 Å². The van der Waals surface area contributed by atoms with Crippen LogP contribution < -0.4 is 19.9 Å². The number of hydrogen-bond donors (Lipinski definition) is 2. The third-order valence-electron chi connectivity index (χ3n) is 2.41. The highest BCUT2D eigenvalue weighted by Crippen LogP contribution is 2.32. The number of rotatable bonds is 6. The summed E-state index contributed by atoms with van der Waals surface area (Å²) < 4.78 is 36.6. The predicted octanol–water partition coefficient (Wildman–Crippen LogP) is 0.249. The van der Waals surface area contributed by atoms with Crippen LogP contribution in [-0.2, 0) is 10.0 Å². The highest BCUT2D eigenvalue weighted by molar-refractivity contribution is 7.89. The quantitative estimate of drug-likeness (QED) is 0.776. The van der Waals surface area contributed by atoms with Gasteiger partial charge in [0.1, 0.15) is 0 Å². The molecule has 0 bridgehead atoms. The molecule has 0 atom stereocenters. The highest BCUT2D eigenvalue weighted by atomic mass is 32.2. The monoisotopic (exact) mass is 274 g/mol. The molecule has 0 unspecified atom stereocenters. The molecule has 0 heterocycles. The van der Waals surface area contributed by atoms with Gasteiger partial charge >= 0.3 is 0 Å². The minimum absolute atomic E-state index is 0.161. The van der Waals surface area contributed by atoms with Crippen LogP contribution in [0.3, 0.4) is 0 Å². The fraction of sp³-hybridized carbons (Fsp3) is 0.455. The highest BCUT2D eigenvalue weighted by Gasteiger charge is 2.19. The maximum atomic E-state index is 12.0. The lowest BCUT2D eigenvalue weighted by atomic mass is 10.2. The second-order valence-electron chi connectivity index (χ2n) is 3.66. The lowest BCUT2D eigenvalue weighted by molar-refractivity contribution is 0.353. The molecule has 3 N–H and O–H groups in total. The molecule has 0 fully saturated rings. The minimum atomic E-state index is -3.58. The van der Waals surface area contributed by atoms with E-state index in [9.17, 15) is 8.42 Å². The van der Waals surface area contributed by atoms with E-state index in [0.717, 1.165) is 0 Å². The molecule has 0 aliphatic rings. The number of ether oxygens (including phenoxy) is 2. The molecule has 1 rings (SSSR count). The fourth-order valence-electron chi connectivity index (χ4n) is 1.52. The Labute approximate surface area is 107 Å². The Bertz CT molecular complexity index is 514. The average molecular weight is 274 g/mol. The van der Waals surface area contributed by atoms with Crippen molar-refractivity contribution in [2.75, 3.05) is 27.3 Å². The zero-order valence-electron chi connectivity index (χ0n) is 10.7. The molecule has 1 aromatic rings. The van der Waals surface area contributed by atoms with Crippen molar-refractivity contribution in [3.8, 4) is 11.5 Å². The van der Waals surface area contributed by atoms with E-state index < -0.39 is 10.0 Å². The zero-order chi connectivity index (χ0) is 13.8. The van der Waals surface area contributed by atoms with Gasteiger partial charge in [-0.1, -0.05) is 0 Å². The number of aryl methyl sites for hydroxylation is 1. The van der Waals surface area contributed by atoms with E-state index in [1.807, 2.05) is 0 Å². The van der Waals surface area contributed by atoms with Crippen molar-refractivity contribution in [3.63, 3.8) is 0 Å². The first-order valence-corrected chi connectivity index (χ1v) is 6.87. The Morgan fingerprint density at radius 2 is 1.78 bits per heavy atom. The summed E-state index contributed by atoms with van der Waals surface area (Å²) in [4.78, 5) is 0.161. The summed E-state index contributed by atoms with van der Waals surface area (Å²) in [6, 6.07) is 3.06. The van der Waals surface area contributed by atoms with Gasteiger partial charge in [-0.2, -0.15) is 0 Å². The second-order valence-corrected chi connectivity index (χ2v) is 5.39. The molecular weight excluding hydrogens is 256 g/mol. The van der Waals surface area contributed by atoms with Gasteiger partial charge in [-0.25, -0.2) is 13.1 Å². The summed E-state index contributed by atoms with van der Waals surface area (Å²) in [6.07, 6.45) is 0. The van der Waals surface area contributed by atoms with Crippen LogP contribution in [-0.4, -0.2) is 35.7 Å². The van der Waals surface area contributed by atoms with Crippen LogP contribution in [0.1, 0.15) is 5.56 Å². The Kier molecular flexibility index (Phi) is 4.94. The van der Waals surface area contributed by atoms with Crippen molar-refractivity contribution in [3.05, 3.63) is 17.7 Å². The second kappa shape index (κ2) is 6.03. The molecule has 0 aliphatic heterocycles. The van der Waals surface area contributed by atoms with E-state index in [1.54, 1.807) is 13.0 Å². The van der Waals surface area contributed by atoms with Gasteiger partial charge in [-0.05, 0) is 18.6 Å². The lowest BCUT2D eigenvalue weighted by Gasteiger charge is -2.13. The van der Waals surface area contributed by atoms with Crippen LogP contribution in [0.15, 0.2) is 17.0 Å². The lowest BCUT2D eigenvalue weighted by Crippen LogP contribution is -2.29. The van der Waals surface area contributed by atoms with Crippen LogP contribution in [0.5, 0.6) is 11.5 Å². The normalized spacial score (nSPS) is 11.3. The van der Waals surface area contributed by atoms with Gasteiger partial charge in [0.05, 0.1) is 19.1 Å². The van der Waals surface area contributed by atoms with Gasteiger partial charge in [-0.15, -0.1) is 0 Å². The number of nitrogens with one attached hydrogen (secondary N) is 1. The van der Waals surface area contributed by atoms with Gasteiger partial charge in [0, 0.05) is 19.2 Å². The molecule has 0 amide bonds. The number of hydrogen-bond acceptors (Lipinski definition) is 5. The summed E-state index contributed by atoms with van der Waals surface area (Å²) in [6.45, 7) is 2.13. The largest absolute Gasteiger partial charge is 0.493 e. The average Bonchev–Trinajstić information content (AvgIpc) is 2.35. The molecule has 0 aliphatic carbocycles. The van der Waals surface area contributed by atoms with Gasteiger partial charge in [-0.3, -0.25) is 0 Å². The SMILES string of the molecule is COc1cc(C)c(S(=O)(=O)NCCN)cc1OC. The van der Waals surface area contributed by atoms with E-state index in [2.05, 4.69) is 4.72 Å². The first-order chi connectivity index (χ1) is 8.46. The summed E-state index contributed by atoms with van der Waals surface area (Å²) >= 11 is 0. The Balaban J connectivity index is 3.25. The van der Waals surface area contributed by atoms with Crippen molar-refractivity contribution in [1.82, 2.24) is 4.72 Å². The fourth-order valence-corrected chi connectivity index (χ4v) is 2.81. The summed E-state index contributed by atoms with van der Waals surface area (Å²) in [5.74, 6) is 0.865. The predicted molar refractivity (Wildman–Crippen MR) is 68.5 cm³/mol. The van der Waals surface area contributed by atoms with Gasteiger partial charge < -0.3 is 15.2 Å². The van der Waals surface area contributed by atoms with E-state index >= 15 is 0 Å². The molecule has 1 aromatic carbocycles. The molecular formula is C11H18N2O4S. The topological polar surface area (TPSA) is 90.7 Å². The Morgan fingerprint density at radius 1 is 1.22 bits per heavy atom. The molecule has 0 spiro atoms. The van der Waals surface area contributed by atoms with Gasteiger partial charge in [0.15, 0.2) is 11.5 Å². The Hall–Kier alpha value is -1.31. The van der Waals surface area contributed by atoms with Crippen LogP contribution in [0, 0.1) is 6.92 Å². The van der Waals surface area contributed by atoms with Crippen LogP contribution in [0.2, 0.25) is 0 Å². The van der Waals surface area contributed by atoms with Gasteiger partial charge in [0.25, 0.3) is 0 Å². The maximum Gasteiger partial charge on any atom is 0.241 e. The third kappa shape index (κ3) is 3.12. The van der Waals surface area contributed by atoms with Crippen LogP contribution >= 0.6 is 0 Å². The van der Waals surface area contributed by atoms with Crippen LogP contribution in [0.25, 0.3) is 0 Å². The van der Waals surface area contributed by atoms with E-state index in [4.69, 9.17) is 15.2 Å². The standard InChI is InChI=1S/C11H18N2O4S/c1-8-6-9(16-2)10(17-3)7-11(8)18(14,15)13-5-4-12/h6-7,13H,4-5,12H2,1-3H3. The number of methoxy groups -OCH3 is 2. The molecule has 7 heteroatoms. The number of benzene rings is 1. The molecule has 0 saturated carbocycles. The zero-order valence-corrected chi connectivity index (χ0v) is 11.5. The smallest absolute Gasteiger partial charge is 0.241 e. The number of sulfonamides is 1. The van der Waals surface area contributed by atoms with Crippen molar-refractivity contribution in [1.29, 1.82) is 0 Å². The molecule has 6 nitrogen and oxygen atoms in total. The first-order valence-electron chi connectivity index (χ1n) is 5.38. The van der Waals surface area contributed by atoms with Crippen molar-refractivity contribution in [2.45, 2.75) is 11.8 Å². The summed E-state index contributed by atoms with van der Waals surface area (Å²) in [7, 11) is -0.623. The molecule has 102 valence electrons. The van der Waals surface area contributed by atoms with Crippen molar-refractivity contribution in [2.24, 2.45) is 5.73 Å². The molecule has 0 aromatic heterocycles. The molecule has 0 radical (unpaired) electrons. The minimum Gasteiger partial charge on any atom is -0.493 e. The van der Waals surface area contributed by atoms with E-state index in [-0.39, 0.29) is 18.0 Å². The molecule has 18 heavy (non-hydrogen) atoms. The van der Waals surface area contributed by atoms with Crippen molar-refractivity contribution >= 4 is 10.0 Å². The third-order valence-corrected chi connectivity index (χ3v) is 4.01. The van der Waals surface area contributed by atoms with E-state index in [1.165, 1.54) is 20.3 Å².